The summed E-state index contributed by atoms with van der Waals surface area (Å²) in [6, 6.07) is 2.31. The quantitative estimate of drug-likeness (QED) is 0.739. The molecule has 0 saturated heterocycles. The second-order valence-electron chi connectivity index (χ2n) is 3.25. The number of H-pyrrole nitrogens is 1. The van der Waals surface area contributed by atoms with E-state index in [1.807, 2.05) is 0 Å². The van der Waals surface area contributed by atoms with Crippen LogP contribution in [0.4, 0.5) is 10.1 Å². The van der Waals surface area contributed by atoms with Crippen molar-refractivity contribution < 1.29 is 4.39 Å². The van der Waals surface area contributed by atoms with Gasteiger partial charge in [-0.2, -0.15) is 9.78 Å². The highest BCUT2D eigenvalue weighted by atomic mass is 35.5. The number of hydrogen-bond donors (Lipinski definition) is 2. The van der Waals surface area contributed by atoms with E-state index in [0.29, 0.717) is 5.82 Å². The topological polar surface area (TPSA) is 76.7 Å². The Labute approximate surface area is 94.7 Å². The van der Waals surface area contributed by atoms with Crippen LogP contribution in [-0.2, 0) is 0 Å². The van der Waals surface area contributed by atoms with E-state index >= 15 is 0 Å². The minimum atomic E-state index is -0.659. The number of aryl methyl sites for hydroxylation is 1. The first-order chi connectivity index (χ1) is 7.49. The van der Waals surface area contributed by atoms with E-state index in [0.717, 1.165) is 10.7 Å². The van der Waals surface area contributed by atoms with Crippen LogP contribution in [0.2, 0.25) is 5.02 Å². The number of nitrogens with zero attached hydrogens (tertiary/aromatic N) is 2. The molecule has 84 valence electrons. The fourth-order valence-corrected chi connectivity index (χ4v) is 1.46. The molecule has 2 aromatic rings. The molecule has 0 fully saturated rings. The van der Waals surface area contributed by atoms with Crippen LogP contribution in [0.1, 0.15) is 5.82 Å². The number of halogens is 2. The van der Waals surface area contributed by atoms with Gasteiger partial charge in [0, 0.05) is 0 Å². The van der Waals surface area contributed by atoms with E-state index in [1.54, 1.807) is 6.92 Å². The van der Waals surface area contributed by atoms with Gasteiger partial charge in [-0.05, 0) is 19.1 Å². The van der Waals surface area contributed by atoms with Crippen molar-refractivity contribution in [3.8, 4) is 5.69 Å². The molecule has 0 aliphatic carbocycles. The molecule has 5 nitrogen and oxygen atoms in total. The summed E-state index contributed by atoms with van der Waals surface area (Å²) in [6.07, 6.45) is 0. The van der Waals surface area contributed by atoms with Gasteiger partial charge in [0.25, 0.3) is 0 Å². The van der Waals surface area contributed by atoms with Gasteiger partial charge in [-0.1, -0.05) is 11.6 Å². The summed E-state index contributed by atoms with van der Waals surface area (Å²) in [5, 5.41) is 3.92. The molecule has 0 amide bonds. The first kappa shape index (κ1) is 10.7. The van der Waals surface area contributed by atoms with Crippen molar-refractivity contribution in [2.75, 3.05) is 5.73 Å². The Bertz CT molecular complexity index is 604. The molecule has 2 rings (SSSR count). The molecular weight excluding hydrogens is 235 g/mol. The largest absolute Gasteiger partial charge is 0.397 e. The average molecular weight is 243 g/mol. The van der Waals surface area contributed by atoms with Crippen molar-refractivity contribution in [2.24, 2.45) is 0 Å². The van der Waals surface area contributed by atoms with Gasteiger partial charge in [0.2, 0.25) is 0 Å². The molecule has 0 radical (unpaired) electrons. The van der Waals surface area contributed by atoms with Crippen molar-refractivity contribution in [3.05, 3.63) is 39.3 Å². The van der Waals surface area contributed by atoms with Crippen LogP contribution in [0.15, 0.2) is 16.9 Å². The number of aromatic amines is 1. The third-order valence-electron chi connectivity index (χ3n) is 2.02. The van der Waals surface area contributed by atoms with Crippen molar-refractivity contribution in [3.63, 3.8) is 0 Å². The lowest BCUT2D eigenvalue weighted by molar-refractivity contribution is 0.607. The summed E-state index contributed by atoms with van der Waals surface area (Å²) in [5.74, 6) is -0.272. The van der Waals surface area contributed by atoms with Crippen LogP contribution in [0, 0.1) is 12.7 Å². The molecule has 0 aliphatic rings. The van der Waals surface area contributed by atoms with E-state index in [4.69, 9.17) is 17.3 Å². The van der Waals surface area contributed by atoms with Crippen LogP contribution in [0.25, 0.3) is 5.69 Å². The highest BCUT2D eigenvalue weighted by Crippen LogP contribution is 2.23. The molecule has 7 heteroatoms. The van der Waals surface area contributed by atoms with Gasteiger partial charge < -0.3 is 5.73 Å². The maximum absolute atomic E-state index is 13.6. The van der Waals surface area contributed by atoms with Gasteiger partial charge in [0.15, 0.2) is 5.82 Å². The number of anilines is 1. The average Bonchev–Trinajstić information content (AvgIpc) is 2.51. The highest BCUT2D eigenvalue weighted by Gasteiger charge is 2.12. The second-order valence-corrected chi connectivity index (χ2v) is 3.66. The Morgan fingerprint density at radius 2 is 2.25 bits per heavy atom. The fourth-order valence-electron chi connectivity index (χ4n) is 1.31. The van der Waals surface area contributed by atoms with Gasteiger partial charge in [0.05, 0.1) is 10.7 Å². The molecule has 1 heterocycles. The van der Waals surface area contributed by atoms with Crippen molar-refractivity contribution in [1.29, 1.82) is 0 Å². The minimum Gasteiger partial charge on any atom is -0.397 e. The van der Waals surface area contributed by atoms with Crippen LogP contribution < -0.4 is 11.4 Å². The number of benzene rings is 1. The number of hydrogen-bond acceptors (Lipinski definition) is 3. The normalized spacial score (nSPS) is 10.7. The van der Waals surface area contributed by atoms with Crippen molar-refractivity contribution in [1.82, 2.24) is 14.8 Å². The SMILES string of the molecule is Cc1nn(-c2cc(N)c(Cl)cc2F)c(=O)[nH]1. The van der Waals surface area contributed by atoms with Gasteiger partial charge in [0.1, 0.15) is 11.5 Å². The Morgan fingerprint density at radius 1 is 1.56 bits per heavy atom. The molecule has 0 atom stereocenters. The standard InChI is InChI=1S/C9H8ClFN4O/c1-4-13-9(16)15(14-4)8-3-7(12)5(10)2-6(8)11/h2-3H,12H2,1H3,(H,13,14,16). The molecule has 0 aliphatic heterocycles. The number of aromatic nitrogens is 3. The van der Waals surface area contributed by atoms with Crippen LogP contribution in [0.3, 0.4) is 0 Å². The van der Waals surface area contributed by atoms with Crippen LogP contribution in [-0.4, -0.2) is 14.8 Å². The van der Waals surface area contributed by atoms with E-state index in [-0.39, 0.29) is 16.4 Å². The first-order valence-electron chi connectivity index (χ1n) is 4.40. The fraction of sp³-hybridized carbons (Fsp3) is 0.111. The van der Waals surface area contributed by atoms with E-state index in [9.17, 15) is 9.18 Å². The third-order valence-corrected chi connectivity index (χ3v) is 2.35. The van der Waals surface area contributed by atoms with Gasteiger partial charge in [-0.3, -0.25) is 4.98 Å². The lowest BCUT2D eigenvalue weighted by atomic mass is 10.2. The second kappa shape index (κ2) is 3.64. The van der Waals surface area contributed by atoms with Crippen LogP contribution in [0.5, 0.6) is 0 Å². The predicted molar refractivity (Wildman–Crippen MR) is 58.3 cm³/mol. The van der Waals surface area contributed by atoms with E-state index in [1.165, 1.54) is 6.07 Å². The van der Waals surface area contributed by atoms with Gasteiger partial charge in [-0.15, -0.1) is 0 Å². The molecule has 16 heavy (non-hydrogen) atoms. The number of nitrogen functional groups attached to an aromatic ring is 1. The monoisotopic (exact) mass is 242 g/mol. The van der Waals surface area contributed by atoms with Crippen LogP contribution >= 0.6 is 11.6 Å². The molecule has 1 aromatic heterocycles. The molecule has 0 saturated carbocycles. The molecule has 0 bridgehead atoms. The molecule has 0 unspecified atom stereocenters. The summed E-state index contributed by atoms with van der Waals surface area (Å²) < 4.78 is 14.5. The summed E-state index contributed by atoms with van der Waals surface area (Å²) in [6.45, 7) is 1.59. The number of nitrogens with two attached hydrogens (primary N) is 1. The Hall–Kier alpha value is -1.82. The van der Waals surface area contributed by atoms with Crippen molar-refractivity contribution in [2.45, 2.75) is 6.92 Å². The summed E-state index contributed by atoms with van der Waals surface area (Å²) >= 11 is 5.64. The maximum atomic E-state index is 13.6. The predicted octanol–water partition coefficient (Wildman–Crippen LogP) is 1.24. The Morgan fingerprint density at radius 3 is 2.81 bits per heavy atom. The molecule has 3 N–H and O–H groups in total. The highest BCUT2D eigenvalue weighted by molar-refractivity contribution is 6.33. The zero-order chi connectivity index (χ0) is 11.9. The van der Waals surface area contributed by atoms with E-state index < -0.39 is 11.5 Å². The summed E-state index contributed by atoms with van der Waals surface area (Å²) in [7, 11) is 0. The lowest BCUT2D eigenvalue weighted by Gasteiger charge is -2.04. The molecule has 0 spiro atoms. The number of rotatable bonds is 1. The van der Waals surface area contributed by atoms with Gasteiger partial charge in [-0.25, -0.2) is 9.18 Å². The Kier molecular flexibility index (Phi) is 2.43. The number of nitrogens with one attached hydrogen (secondary N) is 1. The Balaban J connectivity index is 2.69. The lowest BCUT2D eigenvalue weighted by Crippen LogP contribution is -2.17. The summed E-state index contributed by atoms with van der Waals surface area (Å²) in [5.41, 5.74) is 5.16. The molecular formula is C9H8ClFN4O. The summed E-state index contributed by atoms with van der Waals surface area (Å²) in [4.78, 5) is 13.8. The minimum absolute atomic E-state index is 0.0312. The maximum Gasteiger partial charge on any atom is 0.348 e. The third kappa shape index (κ3) is 1.67. The van der Waals surface area contributed by atoms with Gasteiger partial charge >= 0.3 is 5.69 Å². The molecule has 1 aromatic carbocycles. The zero-order valence-corrected chi connectivity index (χ0v) is 9.05. The van der Waals surface area contributed by atoms with Crippen molar-refractivity contribution >= 4 is 17.3 Å². The first-order valence-corrected chi connectivity index (χ1v) is 4.77. The smallest absolute Gasteiger partial charge is 0.348 e. The van der Waals surface area contributed by atoms with E-state index in [2.05, 4.69) is 10.1 Å². The zero-order valence-electron chi connectivity index (χ0n) is 8.29.